The zero-order valence-electron chi connectivity index (χ0n) is 10.7. The van der Waals surface area contributed by atoms with Gasteiger partial charge in [0.1, 0.15) is 0 Å². The third kappa shape index (κ3) is 6.02. The standard InChI is InChI=1S/C12H22F3NO2/c1-2-9-7-10(5-3-4-6-16)17-11(8-9)18-12(13,14)15/h9-11H,2-8,16H2,1H3. The van der Waals surface area contributed by atoms with Gasteiger partial charge in [-0.1, -0.05) is 13.3 Å². The first-order valence-corrected chi connectivity index (χ1v) is 6.54. The molecule has 0 amide bonds. The summed E-state index contributed by atoms with van der Waals surface area (Å²) < 4.78 is 45.9. The van der Waals surface area contributed by atoms with Gasteiger partial charge in [-0.05, 0) is 38.1 Å². The van der Waals surface area contributed by atoms with Gasteiger partial charge in [0.05, 0.1) is 6.10 Å². The van der Waals surface area contributed by atoms with Crippen molar-refractivity contribution in [2.24, 2.45) is 11.7 Å². The topological polar surface area (TPSA) is 44.5 Å². The SMILES string of the molecule is CCC1CC(CCCCN)OC(OC(F)(F)F)C1. The van der Waals surface area contributed by atoms with Crippen LogP contribution in [0, 0.1) is 5.92 Å². The predicted molar refractivity (Wildman–Crippen MR) is 61.7 cm³/mol. The van der Waals surface area contributed by atoms with E-state index in [4.69, 9.17) is 10.5 Å². The highest BCUT2D eigenvalue weighted by Gasteiger charge is 2.38. The summed E-state index contributed by atoms with van der Waals surface area (Å²) in [4.78, 5) is 0. The third-order valence-electron chi connectivity index (χ3n) is 3.29. The predicted octanol–water partition coefficient (Wildman–Crippen LogP) is 3.18. The maximum atomic E-state index is 12.2. The van der Waals surface area contributed by atoms with Crippen LogP contribution in [-0.4, -0.2) is 25.3 Å². The summed E-state index contributed by atoms with van der Waals surface area (Å²) >= 11 is 0. The molecule has 3 nitrogen and oxygen atoms in total. The molecule has 1 heterocycles. The monoisotopic (exact) mass is 269 g/mol. The molecule has 0 saturated carbocycles. The van der Waals surface area contributed by atoms with E-state index < -0.39 is 12.7 Å². The molecule has 6 heteroatoms. The normalized spacial score (nSPS) is 29.5. The van der Waals surface area contributed by atoms with Crippen LogP contribution >= 0.6 is 0 Å². The van der Waals surface area contributed by atoms with Gasteiger partial charge in [0.25, 0.3) is 0 Å². The molecule has 0 radical (unpaired) electrons. The highest BCUT2D eigenvalue weighted by Crippen LogP contribution is 2.33. The minimum atomic E-state index is -4.62. The molecule has 108 valence electrons. The molecule has 1 saturated heterocycles. The quantitative estimate of drug-likeness (QED) is 0.753. The van der Waals surface area contributed by atoms with Crippen molar-refractivity contribution in [3.63, 3.8) is 0 Å². The minimum absolute atomic E-state index is 0.136. The van der Waals surface area contributed by atoms with Gasteiger partial charge in [0, 0.05) is 6.42 Å². The second-order valence-corrected chi connectivity index (χ2v) is 4.78. The van der Waals surface area contributed by atoms with E-state index in [1.807, 2.05) is 6.92 Å². The van der Waals surface area contributed by atoms with E-state index >= 15 is 0 Å². The summed E-state index contributed by atoms with van der Waals surface area (Å²) in [5.41, 5.74) is 5.39. The van der Waals surface area contributed by atoms with Crippen LogP contribution in [0.2, 0.25) is 0 Å². The van der Waals surface area contributed by atoms with Crippen molar-refractivity contribution in [2.75, 3.05) is 6.54 Å². The van der Waals surface area contributed by atoms with E-state index in [1.165, 1.54) is 0 Å². The van der Waals surface area contributed by atoms with Crippen LogP contribution in [0.15, 0.2) is 0 Å². The third-order valence-corrected chi connectivity index (χ3v) is 3.29. The zero-order chi connectivity index (χ0) is 13.6. The van der Waals surface area contributed by atoms with Crippen molar-refractivity contribution >= 4 is 0 Å². The molecular formula is C12H22F3NO2. The number of rotatable bonds is 6. The summed E-state index contributed by atoms with van der Waals surface area (Å²) in [6.07, 6.45) is -1.39. The molecule has 0 aromatic rings. The van der Waals surface area contributed by atoms with E-state index in [-0.39, 0.29) is 12.0 Å². The molecule has 0 spiro atoms. The Hall–Kier alpha value is -0.330. The summed E-state index contributed by atoms with van der Waals surface area (Å²) in [6.45, 7) is 2.59. The van der Waals surface area contributed by atoms with Gasteiger partial charge in [-0.2, -0.15) is 0 Å². The molecule has 3 atom stereocenters. The van der Waals surface area contributed by atoms with Crippen molar-refractivity contribution in [3.8, 4) is 0 Å². The molecule has 1 rings (SSSR count). The number of halogens is 3. The Balaban J connectivity index is 2.44. The molecule has 0 aliphatic carbocycles. The van der Waals surface area contributed by atoms with Crippen LogP contribution in [0.5, 0.6) is 0 Å². The lowest BCUT2D eigenvalue weighted by Gasteiger charge is -2.35. The number of unbranched alkanes of at least 4 members (excludes halogenated alkanes) is 1. The number of nitrogens with two attached hydrogens (primary N) is 1. The highest BCUT2D eigenvalue weighted by molar-refractivity contribution is 4.74. The number of hydrogen-bond donors (Lipinski definition) is 1. The number of hydrogen-bond acceptors (Lipinski definition) is 3. The van der Waals surface area contributed by atoms with Crippen LogP contribution in [0.4, 0.5) is 13.2 Å². The van der Waals surface area contributed by atoms with E-state index in [2.05, 4.69) is 4.74 Å². The fraction of sp³-hybridized carbons (Fsp3) is 1.00. The van der Waals surface area contributed by atoms with Crippen LogP contribution in [0.25, 0.3) is 0 Å². The summed E-state index contributed by atoms with van der Waals surface area (Å²) in [5.74, 6) is 0.244. The van der Waals surface area contributed by atoms with Crippen molar-refractivity contribution in [1.29, 1.82) is 0 Å². The van der Waals surface area contributed by atoms with Gasteiger partial charge in [-0.15, -0.1) is 13.2 Å². The van der Waals surface area contributed by atoms with Crippen LogP contribution in [0.1, 0.15) is 45.4 Å². The first-order chi connectivity index (χ1) is 8.44. The molecule has 18 heavy (non-hydrogen) atoms. The van der Waals surface area contributed by atoms with Crippen molar-refractivity contribution in [3.05, 3.63) is 0 Å². The first kappa shape index (κ1) is 15.7. The lowest BCUT2D eigenvalue weighted by atomic mass is 9.90. The van der Waals surface area contributed by atoms with Gasteiger partial charge in [0.15, 0.2) is 6.29 Å². The maximum absolute atomic E-state index is 12.2. The second kappa shape index (κ2) is 7.31. The number of ether oxygens (including phenoxy) is 2. The molecule has 0 aromatic heterocycles. The van der Waals surface area contributed by atoms with Gasteiger partial charge in [-0.25, -0.2) is 0 Å². The summed E-state index contributed by atoms with van der Waals surface area (Å²) in [6, 6.07) is 0. The first-order valence-electron chi connectivity index (χ1n) is 6.54. The molecule has 2 N–H and O–H groups in total. The Morgan fingerprint density at radius 2 is 2.00 bits per heavy atom. The van der Waals surface area contributed by atoms with Crippen molar-refractivity contribution < 1.29 is 22.6 Å². The van der Waals surface area contributed by atoms with E-state index in [9.17, 15) is 13.2 Å². The Bertz CT molecular complexity index is 236. The summed E-state index contributed by atoms with van der Waals surface area (Å²) in [5, 5.41) is 0. The molecule has 3 unspecified atom stereocenters. The molecule has 1 aliphatic rings. The Morgan fingerprint density at radius 3 is 2.56 bits per heavy atom. The van der Waals surface area contributed by atoms with Crippen molar-refractivity contribution in [1.82, 2.24) is 0 Å². The average Bonchev–Trinajstić information content (AvgIpc) is 2.26. The smallest absolute Gasteiger partial charge is 0.349 e. The zero-order valence-corrected chi connectivity index (χ0v) is 10.7. The van der Waals surface area contributed by atoms with Gasteiger partial charge >= 0.3 is 6.36 Å². The lowest BCUT2D eigenvalue weighted by Crippen LogP contribution is -2.37. The fourth-order valence-electron chi connectivity index (χ4n) is 2.33. The Kier molecular flexibility index (Phi) is 6.38. The van der Waals surface area contributed by atoms with Gasteiger partial charge in [0.2, 0.25) is 0 Å². The van der Waals surface area contributed by atoms with Crippen LogP contribution < -0.4 is 5.73 Å². The summed E-state index contributed by atoms with van der Waals surface area (Å²) in [7, 11) is 0. The fourth-order valence-corrected chi connectivity index (χ4v) is 2.33. The second-order valence-electron chi connectivity index (χ2n) is 4.78. The lowest BCUT2D eigenvalue weighted by molar-refractivity contribution is -0.391. The maximum Gasteiger partial charge on any atom is 0.524 e. The largest absolute Gasteiger partial charge is 0.524 e. The van der Waals surface area contributed by atoms with E-state index in [0.29, 0.717) is 13.0 Å². The molecule has 1 aliphatic heterocycles. The van der Waals surface area contributed by atoms with Crippen LogP contribution in [0.3, 0.4) is 0 Å². The minimum Gasteiger partial charge on any atom is -0.349 e. The molecule has 0 aromatic carbocycles. The average molecular weight is 269 g/mol. The van der Waals surface area contributed by atoms with Crippen molar-refractivity contribution in [2.45, 2.75) is 64.2 Å². The van der Waals surface area contributed by atoms with E-state index in [0.717, 1.165) is 32.1 Å². The molecule has 0 bridgehead atoms. The molecular weight excluding hydrogens is 247 g/mol. The highest BCUT2D eigenvalue weighted by atomic mass is 19.4. The number of alkyl halides is 3. The van der Waals surface area contributed by atoms with E-state index in [1.54, 1.807) is 0 Å². The molecule has 1 fully saturated rings. The van der Waals surface area contributed by atoms with Crippen LogP contribution in [-0.2, 0) is 9.47 Å². The van der Waals surface area contributed by atoms with Gasteiger partial charge < -0.3 is 10.5 Å². The van der Waals surface area contributed by atoms with Gasteiger partial charge in [-0.3, -0.25) is 4.74 Å². The Morgan fingerprint density at radius 1 is 1.28 bits per heavy atom. The Labute approximate surface area is 106 Å².